The number of hydrogen-bond acceptors (Lipinski definition) is 6. The molecule has 0 saturated carbocycles. The number of aromatic amines is 1. The van der Waals surface area contributed by atoms with Crippen molar-refractivity contribution in [3.63, 3.8) is 0 Å². The number of carbonyl (C=O) groups is 1. The van der Waals surface area contributed by atoms with Crippen molar-refractivity contribution in [2.24, 2.45) is 0 Å². The van der Waals surface area contributed by atoms with Crippen molar-refractivity contribution >= 4 is 50.3 Å². The van der Waals surface area contributed by atoms with Crippen LogP contribution in [-0.4, -0.2) is 43.1 Å². The van der Waals surface area contributed by atoms with E-state index in [0.29, 0.717) is 30.3 Å². The lowest BCUT2D eigenvalue weighted by molar-refractivity contribution is -0.130. The molecule has 178 valence electrons. The molecule has 9 heteroatoms. The van der Waals surface area contributed by atoms with Crippen LogP contribution in [0.4, 0.5) is 0 Å². The van der Waals surface area contributed by atoms with Gasteiger partial charge in [-0.15, -0.1) is 11.3 Å². The second-order valence-electron chi connectivity index (χ2n) is 8.72. The second kappa shape index (κ2) is 9.92. The van der Waals surface area contributed by atoms with Gasteiger partial charge in [0.25, 0.3) is 5.56 Å². The third-order valence-electron chi connectivity index (χ3n) is 6.43. The van der Waals surface area contributed by atoms with Crippen LogP contribution in [-0.2, 0) is 36.5 Å². The van der Waals surface area contributed by atoms with Gasteiger partial charge in [-0.05, 0) is 50.3 Å². The highest BCUT2D eigenvalue weighted by molar-refractivity contribution is 7.98. The molecule has 0 aliphatic heterocycles. The van der Waals surface area contributed by atoms with Crippen molar-refractivity contribution in [3.8, 4) is 0 Å². The molecular formula is C25H29N5O2S2. The van der Waals surface area contributed by atoms with Crippen LogP contribution in [0.3, 0.4) is 0 Å². The normalized spacial score (nSPS) is 13.5. The number of thioether (sulfide) groups is 1. The Kier molecular flexibility index (Phi) is 6.74. The topological polar surface area (TPSA) is 83.9 Å². The van der Waals surface area contributed by atoms with Crippen molar-refractivity contribution in [1.29, 1.82) is 0 Å². The third-order valence-corrected chi connectivity index (χ3v) is 8.58. The van der Waals surface area contributed by atoms with Gasteiger partial charge in [0.2, 0.25) is 5.91 Å². The van der Waals surface area contributed by atoms with E-state index < -0.39 is 0 Å². The van der Waals surface area contributed by atoms with Crippen molar-refractivity contribution < 1.29 is 4.79 Å². The maximum atomic E-state index is 12.7. The summed E-state index contributed by atoms with van der Waals surface area (Å²) in [5.74, 6) is 2.96. The number of nitrogens with zero attached hydrogens (tertiary/aromatic N) is 4. The van der Waals surface area contributed by atoms with Crippen LogP contribution >= 0.6 is 23.1 Å². The molecule has 0 atom stereocenters. The number of carbonyl (C=O) groups excluding carboxylic acids is 1. The molecule has 1 amide bonds. The predicted octanol–water partition coefficient (Wildman–Crippen LogP) is 4.51. The molecule has 5 rings (SSSR count). The van der Waals surface area contributed by atoms with Gasteiger partial charge in [0.15, 0.2) is 0 Å². The summed E-state index contributed by atoms with van der Waals surface area (Å²) in [5, 5.41) is 0.795. The molecule has 3 heterocycles. The molecule has 0 unspecified atom stereocenters. The first-order valence-electron chi connectivity index (χ1n) is 11.8. The van der Waals surface area contributed by atoms with Crippen LogP contribution in [0, 0.1) is 0 Å². The van der Waals surface area contributed by atoms with Crippen LogP contribution in [0.25, 0.3) is 21.3 Å². The molecule has 4 aromatic rings. The summed E-state index contributed by atoms with van der Waals surface area (Å²) in [6.45, 7) is 3.40. The number of thiophene rings is 1. The molecule has 7 nitrogen and oxygen atoms in total. The van der Waals surface area contributed by atoms with Crippen molar-refractivity contribution in [2.75, 3.05) is 12.8 Å². The van der Waals surface area contributed by atoms with E-state index in [1.54, 1.807) is 28.0 Å². The van der Waals surface area contributed by atoms with Gasteiger partial charge in [-0.1, -0.05) is 12.1 Å². The first-order chi connectivity index (χ1) is 16.5. The minimum Gasteiger partial charge on any atom is -0.338 e. The Hall–Kier alpha value is -2.65. The molecule has 1 aliphatic carbocycles. The first-order valence-corrected chi connectivity index (χ1v) is 13.8. The molecule has 1 aromatic carbocycles. The highest BCUT2D eigenvalue weighted by atomic mass is 32.2. The van der Waals surface area contributed by atoms with E-state index >= 15 is 0 Å². The fourth-order valence-corrected chi connectivity index (χ4v) is 6.77. The highest BCUT2D eigenvalue weighted by Gasteiger charge is 2.20. The summed E-state index contributed by atoms with van der Waals surface area (Å²) in [4.78, 5) is 41.8. The van der Waals surface area contributed by atoms with Gasteiger partial charge >= 0.3 is 0 Å². The first kappa shape index (κ1) is 23.1. The number of rotatable bonds is 8. The molecule has 0 fully saturated rings. The Morgan fingerprint density at radius 2 is 2.06 bits per heavy atom. The smallest absolute Gasteiger partial charge is 0.259 e. The number of aryl methyl sites for hydroxylation is 3. The SMILES string of the molecule is CCn1c(CN(C)C(=O)CCSCc2nc3sc4c(c3c(=O)[nH]2)CCCC4)nc2ccccc21. The number of benzene rings is 1. The number of fused-ring (bicyclic) bond motifs is 4. The summed E-state index contributed by atoms with van der Waals surface area (Å²) in [5.41, 5.74) is 3.25. The Morgan fingerprint density at radius 1 is 1.24 bits per heavy atom. The molecule has 0 bridgehead atoms. The second-order valence-corrected chi connectivity index (χ2v) is 10.9. The van der Waals surface area contributed by atoms with Crippen LogP contribution < -0.4 is 5.56 Å². The minimum atomic E-state index is -0.0189. The zero-order valence-corrected chi connectivity index (χ0v) is 21.2. The van der Waals surface area contributed by atoms with Gasteiger partial charge in [0.05, 0.1) is 28.7 Å². The van der Waals surface area contributed by atoms with E-state index in [1.165, 1.54) is 16.9 Å². The Labute approximate surface area is 206 Å². The van der Waals surface area contributed by atoms with Gasteiger partial charge < -0.3 is 14.5 Å². The number of nitrogens with one attached hydrogen (secondary N) is 1. The molecule has 34 heavy (non-hydrogen) atoms. The van der Waals surface area contributed by atoms with Gasteiger partial charge in [0, 0.05) is 30.6 Å². The summed E-state index contributed by atoms with van der Waals surface area (Å²) in [7, 11) is 1.83. The van der Waals surface area contributed by atoms with Crippen molar-refractivity contribution in [2.45, 2.75) is 57.9 Å². The molecule has 0 radical (unpaired) electrons. The number of imidazole rings is 1. The fraction of sp³-hybridized carbons (Fsp3) is 0.440. The van der Waals surface area contributed by atoms with Crippen molar-refractivity contribution in [3.05, 3.63) is 56.7 Å². The zero-order chi connectivity index (χ0) is 23.7. The zero-order valence-electron chi connectivity index (χ0n) is 19.6. The van der Waals surface area contributed by atoms with Crippen molar-refractivity contribution in [1.82, 2.24) is 24.4 Å². The summed E-state index contributed by atoms with van der Waals surface area (Å²) in [6, 6.07) is 8.07. The van der Waals surface area contributed by atoms with E-state index in [-0.39, 0.29) is 11.5 Å². The highest BCUT2D eigenvalue weighted by Crippen LogP contribution is 2.33. The predicted molar refractivity (Wildman–Crippen MR) is 140 cm³/mol. The number of aromatic nitrogens is 4. The van der Waals surface area contributed by atoms with E-state index in [1.807, 2.05) is 25.2 Å². The minimum absolute atomic E-state index is 0.0189. The summed E-state index contributed by atoms with van der Waals surface area (Å²) < 4.78 is 2.16. The Balaban J connectivity index is 1.17. The lowest BCUT2D eigenvalue weighted by atomic mass is 9.97. The largest absolute Gasteiger partial charge is 0.338 e. The molecule has 0 spiro atoms. The van der Waals surface area contributed by atoms with Crippen LogP contribution in [0.5, 0.6) is 0 Å². The summed E-state index contributed by atoms with van der Waals surface area (Å²) in [6.07, 6.45) is 4.82. The maximum Gasteiger partial charge on any atom is 0.259 e. The number of para-hydroxylation sites is 2. The molecule has 1 N–H and O–H groups in total. The Bertz CT molecular complexity index is 1400. The standard InChI is InChI=1S/C25H29N5O2S2/c1-3-30-18-10-6-5-9-17(18)26-21(30)14-29(2)22(31)12-13-33-15-20-27-24(32)23-16-8-4-7-11-19(16)34-25(23)28-20/h5-6,9-10H,3-4,7-8,11-15H2,1-2H3,(H,27,28,32). The summed E-state index contributed by atoms with van der Waals surface area (Å²) >= 11 is 3.30. The molecule has 3 aromatic heterocycles. The van der Waals surface area contributed by atoms with Gasteiger partial charge in [0.1, 0.15) is 16.5 Å². The number of hydrogen-bond donors (Lipinski definition) is 1. The quantitative estimate of drug-likeness (QED) is 0.364. The van der Waals surface area contributed by atoms with Gasteiger partial charge in [-0.3, -0.25) is 9.59 Å². The Morgan fingerprint density at radius 3 is 2.91 bits per heavy atom. The fourth-order valence-electron chi connectivity index (χ4n) is 4.70. The molecule has 0 saturated heterocycles. The van der Waals surface area contributed by atoms with E-state index in [4.69, 9.17) is 9.97 Å². The average Bonchev–Trinajstić information content (AvgIpc) is 3.39. The average molecular weight is 496 g/mol. The molecule has 1 aliphatic rings. The molecular weight excluding hydrogens is 466 g/mol. The van der Waals surface area contributed by atoms with Gasteiger partial charge in [-0.25, -0.2) is 9.97 Å². The van der Waals surface area contributed by atoms with Crippen LogP contribution in [0.2, 0.25) is 0 Å². The monoisotopic (exact) mass is 495 g/mol. The third kappa shape index (κ3) is 4.51. The van der Waals surface area contributed by atoms with Crippen LogP contribution in [0.15, 0.2) is 29.1 Å². The lowest BCUT2D eigenvalue weighted by Gasteiger charge is -2.17. The van der Waals surface area contributed by atoms with Gasteiger partial charge in [-0.2, -0.15) is 11.8 Å². The van der Waals surface area contributed by atoms with E-state index in [9.17, 15) is 9.59 Å². The van der Waals surface area contributed by atoms with E-state index in [2.05, 4.69) is 22.5 Å². The number of H-pyrrole nitrogens is 1. The lowest BCUT2D eigenvalue weighted by Crippen LogP contribution is -2.28. The van der Waals surface area contributed by atoms with E-state index in [0.717, 1.165) is 52.9 Å². The van der Waals surface area contributed by atoms with Crippen LogP contribution in [0.1, 0.15) is 48.3 Å². The maximum absolute atomic E-state index is 12.7. The number of amides is 1.